The lowest BCUT2D eigenvalue weighted by molar-refractivity contribution is 0.00578. The van der Waals surface area contributed by atoms with Crippen molar-refractivity contribution in [2.24, 2.45) is 0 Å². The summed E-state index contributed by atoms with van der Waals surface area (Å²) < 4.78 is 31.8. The molecule has 0 unspecified atom stereocenters. The Morgan fingerprint density at radius 3 is 2.17 bits per heavy atom. The van der Waals surface area contributed by atoms with Gasteiger partial charge in [-0.1, -0.05) is 0 Å². The number of piperazine rings is 1. The fraction of sp³-hybridized carbons (Fsp3) is 0.700. The largest absolute Gasteiger partial charge is 0.495 e. The summed E-state index contributed by atoms with van der Waals surface area (Å²) in [7, 11) is -0.653. The number of hydrogen-bond acceptors (Lipinski definition) is 6. The van der Waals surface area contributed by atoms with Crippen molar-refractivity contribution in [1.29, 1.82) is 0 Å². The molecule has 2 saturated heterocycles. The van der Waals surface area contributed by atoms with E-state index in [1.165, 1.54) is 6.07 Å². The van der Waals surface area contributed by atoms with Crippen LogP contribution >= 0.6 is 0 Å². The van der Waals surface area contributed by atoms with Gasteiger partial charge in [-0.15, -0.1) is 0 Å². The Balaban J connectivity index is 1.70. The highest BCUT2D eigenvalue weighted by atomic mass is 19.1. The van der Waals surface area contributed by atoms with Crippen LogP contribution in [0.3, 0.4) is 0 Å². The number of carbonyl (C=O) groups excluding carboxylic acids is 1. The molecule has 1 amide bonds. The maximum Gasteiger partial charge on any atom is 0.495 e. The van der Waals surface area contributed by atoms with Gasteiger partial charge in [-0.3, -0.25) is 0 Å². The Morgan fingerprint density at radius 2 is 1.66 bits per heavy atom. The Labute approximate surface area is 172 Å². The Bertz CT molecular complexity index is 757. The quantitative estimate of drug-likeness (QED) is 0.555. The lowest BCUT2D eigenvalue weighted by Crippen LogP contribution is -2.50. The van der Waals surface area contributed by atoms with Crippen LogP contribution in [0.1, 0.15) is 48.5 Å². The highest BCUT2D eigenvalue weighted by Crippen LogP contribution is 2.36. The van der Waals surface area contributed by atoms with Gasteiger partial charge in [0.25, 0.3) is 0 Å². The topological polar surface area (TPSA) is 64.1 Å². The smallest absolute Gasteiger partial charge is 0.444 e. The summed E-state index contributed by atoms with van der Waals surface area (Å²) in [6.45, 7) is 15.4. The van der Waals surface area contributed by atoms with E-state index in [4.69, 9.17) is 14.0 Å². The van der Waals surface area contributed by atoms with E-state index in [1.807, 2.05) is 53.4 Å². The molecule has 2 fully saturated rings. The van der Waals surface area contributed by atoms with E-state index >= 15 is 0 Å². The second kappa shape index (κ2) is 7.43. The molecule has 7 nitrogen and oxygen atoms in total. The van der Waals surface area contributed by atoms with Crippen LogP contribution in [0, 0.1) is 5.95 Å². The van der Waals surface area contributed by atoms with Gasteiger partial charge in [-0.2, -0.15) is 4.39 Å². The highest BCUT2D eigenvalue weighted by Gasteiger charge is 2.52. The van der Waals surface area contributed by atoms with Crippen LogP contribution in [-0.4, -0.2) is 66.1 Å². The molecule has 1 aromatic heterocycles. The number of hydrogen-bond donors (Lipinski definition) is 0. The molecule has 0 aromatic carbocycles. The van der Waals surface area contributed by atoms with Gasteiger partial charge in [0.05, 0.1) is 11.2 Å². The molecule has 0 radical (unpaired) electrons. The second-order valence-corrected chi connectivity index (χ2v) is 9.62. The van der Waals surface area contributed by atoms with E-state index in [2.05, 4.69) is 4.98 Å². The van der Waals surface area contributed by atoms with Crippen molar-refractivity contribution in [3.8, 4) is 0 Å². The van der Waals surface area contributed by atoms with Gasteiger partial charge in [-0.25, -0.2) is 9.78 Å². The first-order chi connectivity index (χ1) is 13.3. The monoisotopic (exact) mass is 407 g/mol. The van der Waals surface area contributed by atoms with Crippen LogP contribution in [0.2, 0.25) is 0 Å². The zero-order chi connectivity index (χ0) is 21.6. The summed E-state index contributed by atoms with van der Waals surface area (Å²) in [5.74, 6) is -0.0691. The SMILES string of the molecule is CC(C)(C)OC(=O)N1CCN(c2cc(B3OC(C)(C)C(C)(C)O3)cc(F)n2)CC1. The van der Waals surface area contributed by atoms with Crippen molar-refractivity contribution < 1.29 is 23.2 Å². The molecule has 2 aliphatic heterocycles. The number of aromatic nitrogens is 1. The van der Waals surface area contributed by atoms with Crippen LogP contribution in [0.4, 0.5) is 15.0 Å². The first kappa shape index (κ1) is 21.8. The summed E-state index contributed by atoms with van der Waals surface area (Å²) in [5, 5.41) is 0. The van der Waals surface area contributed by atoms with Gasteiger partial charge in [0.1, 0.15) is 11.4 Å². The van der Waals surface area contributed by atoms with Crippen molar-refractivity contribution >= 4 is 24.5 Å². The lowest BCUT2D eigenvalue weighted by Gasteiger charge is -2.36. The maximum atomic E-state index is 14.3. The number of pyridine rings is 1. The molecule has 0 spiro atoms. The number of amides is 1. The average molecular weight is 407 g/mol. The van der Waals surface area contributed by atoms with E-state index < -0.39 is 29.9 Å². The molecular formula is C20H31BFN3O4. The van der Waals surface area contributed by atoms with Crippen molar-refractivity contribution in [3.63, 3.8) is 0 Å². The predicted octanol–water partition coefficient (Wildman–Crippen LogP) is 2.58. The molecule has 1 aromatic rings. The highest BCUT2D eigenvalue weighted by molar-refractivity contribution is 6.62. The summed E-state index contributed by atoms with van der Waals surface area (Å²) in [6.07, 6.45) is -0.331. The van der Waals surface area contributed by atoms with Gasteiger partial charge in [0, 0.05) is 26.2 Å². The van der Waals surface area contributed by atoms with E-state index in [9.17, 15) is 9.18 Å². The fourth-order valence-corrected chi connectivity index (χ4v) is 3.22. The van der Waals surface area contributed by atoms with Crippen molar-refractivity contribution in [2.45, 2.75) is 65.3 Å². The molecule has 0 aliphatic carbocycles. The lowest BCUT2D eigenvalue weighted by atomic mass is 9.79. The van der Waals surface area contributed by atoms with Gasteiger partial charge >= 0.3 is 13.2 Å². The third-order valence-corrected chi connectivity index (χ3v) is 5.58. The Hall–Kier alpha value is -1.87. The number of nitrogens with zero attached hydrogens (tertiary/aromatic N) is 3. The molecule has 3 heterocycles. The first-order valence-electron chi connectivity index (χ1n) is 10.0. The molecular weight excluding hydrogens is 376 g/mol. The van der Waals surface area contributed by atoms with E-state index in [-0.39, 0.29) is 6.09 Å². The molecule has 0 N–H and O–H groups in total. The standard InChI is InChI=1S/C20H31BFN3O4/c1-18(2,3)27-17(26)25-10-8-24(9-11-25)16-13-14(12-15(22)23-16)21-28-19(4,5)20(6,7)29-21/h12-13H,8-11H2,1-7H3. The fourth-order valence-electron chi connectivity index (χ4n) is 3.22. The van der Waals surface area contributed by atoms with Crippen LogP contribution in [0.25, 0.3) is 0 Å². The minimum absolute atomic E-state index is 0.331. The molecule has 160 valence electrons. The van der Waals surface area contributed by atoms with Crippen LogP contribution in [0.15, 0.2) is 12.1 Å². The van der Waals surface area contributed by atoms with Crippen LogP contribution < -0.4 is 10.4 Å². The van der Waals surface area contributed by atoms with Gasteiger partial charge in [0.15, 0.2) is 0 Å². The van der Waals surface area contributed by atoms with Gasteiger partial charge < -0.3 is 23.8 Å². The minimum Gasteiger partial charge on any atom is -0.444 e. The van der Waals surface area contributed by atoms with Crippen molar-refractivity contribution in [2.75, 3.05) is 31.1 Å². The summed E-state index contributed by atoms with van der Waals surface area (Å²) in [5.41, 5.74) is -0.940. The number of carbonyl (C=O) groups is 1. The van der Waals surface area contributed by atoms with Gasteiger partial charge in [-0.05, 0) is 66.1 Å². The van der Waals surface area contributed by atoms with Crippen molar-refractivity contribution in [1.82, 2.24) is 9.88 Å². The normalized spacial score (nSPS) is 21.4. The number of rotatable bonds is 2. The predicted molar refractivity (Wildman–Crippen MR) is 110 cm³/mol. The molecule has 0 saturated carbocycles. The zero-order valence-corrected chi connectivity index (χ0v) is 18.4. The zero-order valence-electron chi connectivity index (χ0n) is 18.4. The third-order valence-electron chi connectivity index (χ3n) is 5.58. The van der Waals surface area contributed by atoms with E-state index in [1.54, 1.807) is 11.0 Å². The first-order valence-corrected chi connectivity index (χ1v) is 10.0. The van der Waals surface area contributed by atoms with Crippen LogP contribution in [-0.2, 0) is 14.0 Å². The minimum atomic E-state index is -0.653. The molecule has 0 bridgehead atoms. The summed E-state index contributed by atoms with van der Waals surface area (Å²) >= 11 is 0. The molecule has 0 atom stereocenters. The summed E-state index contributed by atoms with van der Waals surface area (Å²) in [4.78, 5) is 19.9. The molecule has 9 heteroatoms. The van der Waals surface area contributed by atoms with Gasteiger partial charge in [0.2, 0.25) is 5.95 Å². The van der Waals surface area contributed by atoms with Crippen molar-refractivity contribution in [3.05, 3.63) is 18.1 Å². The summed E-state index contributed by atoms with van der Waals surface area (Å²) in [6, 6.07) is 3.15. The average Bonchev–Trinajstić information content (AvgIpc) is 2.81. The van der Waals surface area contributed by atoms with E-state index in [0.29, 0.717) is 37.5 Å². The number of halogens is 1. The maximum absolute atomic E-state index is 14.3. The number of ether oxygens (including phenoxy) is 1. The Kier molecular flexibility index (Phi) is 5.60. The Morgan fingerprint density at radius 1 is 1.10 bits per heavy atom. The molecule has 2 aliphatic rings. The number of anilines is 1. The van der Waals surface area contributed by atoms with Crippen LogP contribution in [0.5, 0.6) is 0 Å². The van der Waals surface area contributed by atoms with E-state index in [0.717, 1.165) is 0 Å². The molecule has 29 heavy (non-hydrogen) atoms. The molecule has 3 rings (SSSR count). The third kappa shape index (κ3) is 4.83. The second-order valence-electron chi connectivity index (χ2n) is 9.62.